The number of nitriles is 1. The number of alkyl halides is 3. The van der Waals surface area contributed by atoms with Crippen molar-refractivity contribution >= 4 is 11.8 Å². The van der Waals surface area contributed by atoms with Crippen LogP contribution in [0.2, 0.25) is 0 Å². The number of methoxy groups -OCH3 is 1. The van der Waals surface area contributed by atoms with Gasteiger partial charge in [-0.25, -0.2) is 4.98 Å². The summed E-state index contributed by atoms with van der Waals surface area (Å²) in [7, 11) is 1.40. The van der Waals surface area contributed by atoms with Gasteiger partial charge in [0.25, 0.3) is 5.56 Å². The second kappa shape index (κ2) is 9.14. The fourth-order valence-electron chi connectivity index (χ4n) is 2.79. The van der Waals surface area contributed by atoms with Crippen LogP contribution in [0.4, 0.5) is 13.2 Å². The summed E-state index contributed by atoms with van der Waals surface area (Å²) in [6, 6.07) is 11.4. The van der Waals surface area contributed by atoms with Crippen LogP contribution in [-0.4, -0.2) is 23.3 Å². The highest BCUT2D eigenvalue weighted by atomic mass is 32.2. The molecule has 1 N–H and O–H groups in total. The molecule has 0 aliphatic heterocycles. The highest BCUT2D eigenvalue weighted by Gasteiger charge is 2.30. The van der Waals surface area contributed by atoms with Gasteiger partial charge >= 0.3 is 6.18 Å². The summed E-state index contributed by atoms with van der Waals surface area (Å²) in [4.78, 5) is 19.0. The van der Waals surface area contributed by atoms with E-state index >= 15 is 0 Å². The van der Waals surface area contributed by atoms with Crippen LogP contribution in [0.25, 0.3) is 11.3 Å². The van der Waals surface area contributed by atoms with Crippen LogP contribution < -0.4 is 15.0 Å². The summed E-state index contributed by atoms with van der Waals surface area (Å²) < 4.78 is 49.6. The van der Waals surface area contributed by atoms with Gasteiger partial charge < -0.3 is 14.5 Å². The topological polar surface area (TPSA) is 88.0 Å². The van der Waals surface area contributed by atoms with Crippen molar-refractivity contribution < 1.29 is 22.6 Å². The minimum absolute atomic E-state index is 0.108. The number of ether oxygens (including phenoxy) is 2. The van der Waals surface area contributed by atoms with Gasteiger partial charge in [0.1, 0.15) is 18.2 Å². The second-order valence-corrected chi connectivity index (χ2v) is 7.06. The summed E-state index contributed by atoms with van der Waals surface area (Å²) in [5.74, 6) is 0.568. The first kappa shape index (κ1) is 22.2. The lowest BCUT2D eigenvalue weighted by Crippen LogP contribution is -2.14. The number of halogens is 3. The maximum absolute atomic E-state index is 12.9. The number of thioether (sulfide) groups is 1. The van der Waals surface area contributed by atoms with E-state index in [2.05, 4.69) is 9.97 Å². The van der Waals surface area contributed by atoms with Crippen LogP contribution in [-0.2, 0) is 12.8 Å². The summed E-state index contributed by atoms with van der Waals surface area (Å²) in [6.07, 6.45) is -2.71. The Balaban J connectivity index is 1.91. The predicted octanol–water partition coefficient (Wildman–Crippen LogP) is 4.64. The Kier molecular flexibility index (Phi) is 6.56. The van der Waals surface area contributed by atoms with Crippen molar-refractivity contribution in [2.45, 2.75) is 17.9 Å². The average molecular weight is 447 g/mol. The summed E-state index contributed by atoms with van der Waals surface area (Å²) in [5.41, 5.74) is -0.462. The Hall–Kier alpha value is -3.45. The van der Waals surface area contributed by atoms with E-state index in [0.717, 1.165) is 12.1 Å². The standard InChI is InChI=1S/C21H16F3N3O3S/c1-29-17-9-13(18-15(10-25)19(28)27-20(26-18)31-2)6-7-16(17)30-11-12-4-3-5-14(8-12)21(22,23)24/h3-9H,11H2,1-2H3,(H,26,27,28). The molecule has 2 aromatic carbocycles. The van der Waals surface area contributed by atoms with Gasteiger partial charge in [0, 0.05) is 5.56 Å². The Labute approximate surface area is 179 Å². The molecule has 0 saturated carbocycles. The molecule has 0 atom stereocenters. The minimum atomic E-state index is -4.44. The molecule has 3 rings (SSSR count). The van der Waals surface area contributed by atoms with Gasteiger partial charge in [-0.2, -0.15) is 18.4 Å². The number of aromatic amines is 1. The van der Waals surface area contributed by atoms with Crippen LogP contribution in [0.5, 0.6) is 11.5 Å². The molecule has 0 amide bonds. The van der Waals surface area contributed by atoms with Gasteiger partial charge in [-0.05, 0) is 42.2 Å². The summed E-state index contributed by atoms with van der Waals surface area (Å²) in [6.45, 7) is -0.108. The van der Waals surface area contributed by atoms with Crippen LogP contribution in [0, 0.1) is 11.3 Å². The number of nitrogens with one attached hydrogen (secondary N) is 1. The first-order valence-electron chi connectivity index (χ1n) is 8.82. The Bertz CT molecular complexity index is 1200. The van der Waals surface area contributed by atoms with Crippen molar-refractivity contribution in [1.29, 1.82) is 5.26 Å². The van der Waals surface area contributed by atoms with Crippen LogP contribution >= 0.6 is 11.8 Å². The van der Waals surface area contributed by atoms with E-state index in [-0.39, 0.29) is 29.4 Å². The maximum atomic E-state index is 12.9. The molecule has 0 aliphatic carbocycles. The number of nitrogens with zero attached hydrogens (tertiary/aromatic N) is 2. The zero-order valence-electron chi connectivity index (χ0n) is 16.4. The number of aromatic nitrogens is 2. The molecule has 0 unspecified atom stereocenters. The van der Waals surface area contributed by atoms with E-state index in [9.17, 15) is 23.2 Å². The number of hydrogen-bond acceptors (Lipinski definition) is 6. The molecule has 0 bridgehead atoms. The third-order valence-electron chi connectivity index (χ3n) is 4.29. The lowest BCUT2D eigenvalue weighted by atomic mass is 10.1. The zero-order valence-corrected chi connectivity index (χ0v) is 17.2. The SMILES string of the molecule is COc1cc(-c2nc(SC)[nH]c(=O)c2C#N)ccc1OCc1cccc(C(F)(F)F)c1. The fraction of sp³-hybridized carbons (Fsp3) is 0.190. The van der Waals surface area contributed by atoms with Crippen molar-refractivity contribution in [1.82, 2.24) is 9.97 Å². The molecule has 0 fully saturated rings. The Morgan fingerprint density at radius 2 is 1.97 bits per heavy atom. The second-order valence-electron chi connectivity index (χ2n) is 6.26. The molecule has 1 aromatic heterocycles. The minimum Gasteiger partial charge on any atom is -0.493 e. The quantitative estimate of drug-likeness (QED) is 0.438. The largest absolute Gasteiger partial charge is 0.493 e. The van der Waals surface area contributed by atoms with Crippen molar-refractivity contribution in [3.05, 3.63) is 69.5 Å². The molecule has 0 saturated heterocycles. The molecule has 31 heavy (non-hydrogen) atoms. The fourth-order valence-corrected chi connectivity index (χ4v) is 3.17. The summed E-state index contributed by atoms with van der Waals surface area (Å²) in [5, 5.41) is 9.69. The van der Waals surface area contributed by atoms with E-state index < -0.39 is 17.3 Å². The van der Waals surface area contributed by atoms with Gasteiger partial charge in [0.15, 0.2) is 16.7 Å². The molecule has 10 heteroatoms. The first-order chi connectivity index (χ1) is 14.8. The number of H-pyrrole nitrogens is 1. The average Bonchev–Trinajstić information content (AvgIpc) is 2.76. The normalized spacial score (nSPS) is 11.1. The molecule has 6 nitrogen and oxygen atoms in total. The third kappa shape index (κ3) is 5.00. The van der Waals surface area contributed by atoms with Crippen molar-refractivity contribution in [2.75, 3.05) is 13.4 Å². The van der Waals surface area contributed by atoms with E-state index in [1.165, 1.54) is 31.0 Å². The number of benzene rings is 2. The Morgan fingerprint density at radius 3 is 2.61 bits per heavy atom. The van der Waals surface area contributed by atoms with Gasteiger partial charge in [0.2, 0.25) is 0 Å². The van der Waals surface area contributed by atoms with Crippen LogP contribution in [0.15, 0.2) is 52.4 Å². The van der Waals surface area contributed by atoms with Crippen molar-refractivity contribution in [2.24, 2.45) is 0 Å². The number of rotatable bonds is 6. The zero-order chi connectivity index (χ0) is 22.6. The molecule has 0 aliphatic rings. The van der Waals surface area contributed by atoms with Gasteiger partial charge in [-0.15, -0.1) is 0 Å². The van der Waals surface area contributed by atoms with Crippen LogP contribution in [0.1, 0.15) is 16.7 Å². The molecule has 1 heterocycles. The van der Waals surface area contributed by atoms with E-state index in [1.54, 1.807) is 24.5 Å². The van der Waals surface area contributed by atoms with Crippen LogP contribution in [0.3, 0.4) is 0 Å². The van der Waals surface area contributed by atoms with Gasteiger partial charge in [-0.3, -0.25) is 4.79 Å². The highest BCUT2D eigenvalue weighted by molar-refractivity contribution is 7.98. The molecule has 0 spiro atoms. The van der Waals surface area contributed by atoms with Gasteiger partial charge in [-0.1, -0.05) is 23.9 Å². The Morgan fingerprint density at radius 1 is 1.19 bits per heavy atom. The van der Waals surface area contributed by atoms with Crippen molar-refractivity contribution in [3.8, 4) is 28.8 Å². The summed E-state index contributed by atoms with van der Waals surface area (Å²) >= 11 is 1.22. The molecular formula is C21H16F3N3O3S. The lowest BCUT2D eigenvalue weighted by molar-refractivity contribution is -0.137. The monoisotopic (exact) mass is 447 g/mol. The van der Waals surface area contributed by atoms with E-state index in [4.69, 9.17) is 9.47 Å². The molecule has 160 valence electrons. The first-order valence-corrected chi connectivity index (χ1v) is 10.0. The number of hydrogen-bond donors (Lipinski definition) is 1. The molecule has 0 radical (unpaired) electrons. The predicted molar refractivity (Wildman–Crippen MR) is 109 cm³/mol. The van der Waals surface area contributed by atoms with E-state index in [1.807, 2.05) is 6.07 Å². The van der Waals surface area contributed by atoms with Crippen molar-refractivity contribution in [3.63, 3.8) is 0 Å². The van der Waals surface area contributed by atoms with E-state index in [0.29, 0.717) is 16.3 Å². The highest BCUT2D eigenvalue weighted by Crippen LogP contribution is 2.34. The van der Waals surface area contributed by atoms with Gasteiger partial charge in [0.05, 0.1) is 18.4 Å². The smallest absolute Gasteiger partial charge is 0.416 e. The lowest BCUT2D eigenvalue weighted by Gasteiger charge is -2.14. The maximum Gasteiger partial charge on any atom is 0.416 e. The molecular weight excluding hydrogens is 431 g/mol. The molecule has 3 aromatic rings. The third-order valence-corrected chi connectivity index (χ3v) is 4.87.